The summed E-state index contributed by atoms with van der Waals surface area (Å²) in [6, 6.07) is 21.1. The van der Waals surface area contributed by atoms with Crippen molar-refractivity contribution in [3.05, 3.63) is 93.2 Å². The highest BCUT2D eigenvalue weighted by Gasteiger charge is 2.13. The van der Waals surface area contributed by atoms with Crippen molar-refractivity contribution in [1.82, 2.24) is 19.6 Å². The molecule has 0 bridgehead atoms. The predicted molar refractivity (Wildman–Crippen MR) is 124 cm³/mol. The third-order valence-corrected chi connectivity index (χ3v) is 6.75. The molecule has 4 aromatic heterocycles. The van der Waals surface area contributed by atoms with Crippen molar-refractivity contribution in [3.8, 4) is 16.5 Å². The Balaban J connectivity index is 1.27. The number of nitrogens with zero attached hydrogens (tertiary/aromatic N) is 4. The molecule has 0 saturated carbocycles. The van der Waals surface area contributed by atoms with Crippen molar-refractivity contribution in [2.45, 2.75) is 6.61 Å². The second-order valence-electron chi connectivity index (χ2n) is 6.93. The van der Waals surface area contributed by atoms with Crippen LogP contribution in [0.4, 0.5) is 0 Å². The highest BCUT2D eigenvalue weighted by Crippen LogP contribution is 2.31. The molecule has 6 rings (SSSR count). The minimum absolute atomic E-state index is 0.195. The lowest BCUT2D eigenvalue weighted by Crippen LogP contribution is -2.23. The third kappa shape index (κ3) is 3.47. The molecular weight excluding hydrogens is 444 g/mol. The number of ether oxygens (including phenoxy) is 1. The molecule has 0 aliphatic rings. The number of thiazole rings is 2. The van der Waals surface area contributed by atoms with Crippen molar-refractivity contribution >= 4 is 43.9 Å². The van der Waals surface area contributed by atoms with E-state index in [1.165, 1.54) is 15.9 Å². The van der Waals surface area contributed by atoms with Gasteiger partial charge in [0.1, 0.15) is 22.6 Å². The molecule has 9 heteroatoms. The first-order valence-corrected chi connectivity index (χ1v) is 11.4. The number of furan rings is 1. The van der Waals surface area contributed by atoms with Crippen LogP contribution in [0.25, 0.3) is 32.0 Å². The van der Waals surface area contributed by atoms with Crippen LogP contribution >= 0.6 is 22.7 Å². The van der Waals surface area contributed by atoms with Crippen molar-refractivity contribution in [1.29, 1.82) is 0 Å². The van der Waals surface area contributed by atoms with Crippen LogP contribution in [0.2, 0.25) is 0 Å². The van der Waals surface area contributed by atoms with Crippen LogP contribution in [0.1, 0.15) is 11.6 Å². The molecular formula is C23H14N4O3S2. The lowest BCUT2D eigenvalue weighted by molar-refractivity contribution is 0.296. The molecule has 32 heavy (non-hydrogen) atoms. The maximum absolute atomic E-state index is 12.8. The minimum Gasteiger partial charge on any atom is -0.486 e. The molecule has 0 spiro atoms. The highest BCUT2D eigenvalue weighted by molar-refractivity contribution is 7.21. The molecule has 0 amide bonds. The molecule has 0 aliphatic carbocycles. The molecule has 156 valence electrons. The van der Waals surface area contributed by atoms with Crippen LogP contribution in [-0.4, -0.2) is 19.6 Å². The molecule has 0 atom stereocenters. The van der Waals surface area contributed by atoms with Crippen LogP contribution in [0.15, 0.2) is 75.9 Å². The average Bonchev–Trinajstić information content (AvgIpc) is 3.58. The maximum Gasteiger partial charge on any atom is 0.291 e. The molecule has 0 aliphatic heterocycles. The first-order valence-electron chi connectivity index (χ1n) is 9.77. The number of aromatic nitrogens is 4. The second kappa shape index (κ2) is 7.70. The number of hydrogen-bond acceptors (Lipinski definition) is 8. The van der Waals surface area contributed by atoms with Gasteiger partial charge in [0.05, 0.1) is 10.2 Å². The van der Waals surface area contributed by atoms with Crippen molar-refractivity contribution in [2.24, 2.45) is 0 Å². The van der Waals surface area contributed by atoms with Gasteiger partial charge in [-0.25, -0.2) is 4.98 Å². The van der Waals surface area contributed by atoms with E-state index in [1.807, 2.05) is 66.7 Å². The van der Waals surface area contributed by atoms with Gasteiger partial charge in [0.15, 0.2) is 16.6 Å². The van der Waals surface area contributed by atoms with Gasteiger partial charge in [-0.1, -0.05) is 41.7 Å². The molecule has 0 fully saturated rings. The van der Waals surface area contributed by atoms with E-state index in [9.17, 15) is 4.79 Å². The van der Waals surface area contributed by atoms with Gasteiger partial charge in [0, 0.05) is 6.08 Å². The van der Waals surface area contributed by atoms with E-state index in [0.717, 1.165) is 21.0 Å². The zero-order chi connectivity index (χ0) is 21.5. The third-order valence-electron chi connectivity index (χ3n) is 4.74. The second-order valence-corrected chi connectivity index (χ2v) is 8.97. The lowest BCUT2D eigenvalue weighted by atomic mass is 10.3. The Morgan fingerprint density at radius 3 is 2.66 bits per heavy atom. The van der Waals surface area contributed by atoms with Gasteiger partial charge in [-0.15, -0.1) is 16.4 Å². The standard InChI is InChI=1S/C23H14N4O3S2/c28-22-19(32-23-25-20(26-27(22)23)13-29-14-6-2-1-3-7-14)12-15-10-11-17(30-15)21-24-16-8-4-5-9-18(16)31-21/h1-12H,13H2/b19-12-. The Bertz CT molecular complexity index is 1630. The van der Waals surface area contributed by atoms with Gasteiger partial charge in [-0.05, 0) is 36.4 Å². The van der Waals surface area contributed by atoms with E-state index < -0.39 is 0 Å². The predicted octanol–water partition coefficient (Wildman–Crippen LogP) is 4.15. The summed E-state index contributed by atoms with van der Waals surface area (Å²) in [5, 5.41) is 5.09. The molecule has 0 N–H and O–H groups in total. The largest absolute Gasteiger partial charge is 0.486 e. The summed E-state index contributed by atoms with van der Waals surface area (Å²) in [6.07, 6.45) is 1.71. The fourth-order valence-corrected chi connectivity index (χ4v) is 5.09. The van der Waals surface area contributed by atoms with Gasteiger partial charge in [-0.3, -0.25) is 4.79 Å². The summed E-state index contributed by atoms with van der Waals surface area (Å²) in [7, 11) is 0. The van der Waals surface area contributed by atoms with E-state index in [2.05, 4.69) is 15.1 Å². The lowest BCUT2D eigenvalue weighted by Gasteiger charge is -2.01. The van der Waals surface area contributed by atoms with Crippen LogP contribution in [0.5, 0.6) is 5.75 Å². The fraction of sp³-hybridized carbons (Fsp3) is 0.0435. The Labute approximate surface area is 188 Å². The zero-order valence-electron chi connectivity index (χ0n) is 16.5. The van der Waals surface area contributed by atoms with Crippen LogP contribution in [0, 0.1) is 0 Å². The van der Waals surface area contributed by atoms with Crippen LogP contribution < -0.4 is 14.8 Å². The first-order chi connectivity index (χ1) is 15.7. The topological polar surface area (TPSA) is 82.5 Å². The van der Waals surface area contributed by atoms with E-state index >= 15 is 0 Å². The van der Waals surface area contributed by atoms with Gasteiger partial charge in [0.2, 0.25) is 4.96 Å². The van der Waals surface area contributed by atoms with E-state index in [1.54, 1.807) is 17.4 Å². The Morgan fingerprint density at radius 1 is 0.969 bits per heavy atom. The Kier molecular flexibility index (Phi) is 4.55. The summed E-state index contributed by atoms with van der Waals surface area (Å²) < 4.78 is 14.5. The van der Waals surface area contributed by atoms with Gasteiger partial charge in [0.25, 0.3) is 5.56 Å². The summed E-state index contributed by atoms with van der Waals surface area (Å²) in [4.78, 5) is 22.3. The van der Waals surface area contributed by atoms with Crippen molar-refractivity contribution in [2.75, 3.05) is 0 Å². The molecule has 4 heterocycles. The average molecular weight is 459 g/mol. The number of para-hydroxylation sites is 2. The van der Waals surface area contributed by atoms with E-state index in [4.69, 9.17) is 9.15 Å². The molecule has 0 unspecified atom stereocenters. The van der Waals surface area contributed by atoms with Crippen molar-refractivity contribution in [3.63, 3.8) is 0 Å². The monoisotopic (exact) mass is 458 g/mol. The normalized spacial score (nSPS) is 12.2. The van der Waals surface area contributed by atoms with Crippen LogP contribution in [0.3, 0.4) is 0 Å². The highest BCUT2D eigenvalue weighted by atomic mass is 32.1. The summed E-state index contributed by atoms with van der Waals surface area (Å²) >= 11 is 2.83. The molecule has 2 aromatic carbocycles. The maximum atomic E-state index is 12.8. The number of fused-ring (bicyclic) bond motifs is 2. The van der Waals surface area contributed by atoms with E-state index in [0.29, 0.717) is 26.8 Å². The Hall–Kier alpha value is -3.82. The van der Waals surface area contributed by atoms with Gasteiger partial charge >= 0.3 is 0 Å². The summed E-state index contributed by atoms with van der Waals surface area (Å²) in [6.45, 7) is 0.195. The molecule has 0 radical (unpaired) electrons. The fourth-order valence-electron chi connectivity index (χ4n) is 3.25. The quantitative estimate of drug-likeness (QED) is 0.386. The zero-order valence-corrected chi connectivity index (χ0v) is 18.1. The molecule has 0 saturated heterocycles. The van der Waals surface area contributed by atoms with Gasteiger partial charge in [-0.2, -0.15) is 9.50 Å². The first kappa shape index (κ1) is 18.9. The van der Waals surface area contributed by atoms with Crippen LogP contribution in [-0.2, 0) is 6.61 Å². The SMILES string of the molecule is O=c1/c(=C/c2ccc(-c3nc4ccccc4s3)o2)sc2nc(COc3ccccc3)nn12. The molecule has 6 aromatic rings. The Morgan fingerprint density at radius 2 is 1.81 bits per heavy atom. The summed E-state index contributed by atoms with van der Waals surface area (Å²) in [5.41, 5.74) is 0.704. The minimum atomic E-state index is -0.235. The number of rotatable bonds is 5. The number of hydrogen-bond donors (Lipinski definition) is 0. The molecule has 7 nitrogen and oxygen atoms in total. The summed E-state index contributed by atoms with van der Waals surface area (Å²) in [5.74, 6) is 2.43. The van der Waals surface area contributed by atoms with Crippen molar-refractivity contribution < 1.29 is 9.15 Å². The number of benzene rings is 2. The smallest absolute Gasteiger partial charge is 0.291 e. The van der Waals surface area contributed by atoms with E-state index in [-0.39, 0.29) is 12.2 Å². The van der Waals surface area contributed by atoms with Gasteiger partial charge < -0.3 is 9.15 Å².